The summed E-state index contributed by atoms with van der Waals surface area (Å²) in [4.78, 5) is 21.7. The Morgan fingerprint density at radius 1 is 1.53 bits per heavy atom. The number of anilines is 1. The molecule has 8 heteroatoms. The molecule has 0 aliphatic heterocycles. The largest absolute Gasteiger partial charge is 0.430 e. The number of fused-ring (bicyclic) bond motifs is 1. The zero-order valence-corrected chi connectivity index (χ0v) is 14.0. The predicted octanol–water partition coefficient (Wildman–Crippen LogP) is 0.376. The third-order valence-corrected chi connectivity index (χ3v) is 2.10. The zero-order valence-electron chi connectivity index (χ0n) is 11.1. The Labute approximate surface area is 136 Å². The van der Waals surface area contributed by atoms with Gasteiger partial charge >= 0.3 is 0 Å². The molecule has 3 N–H and O–H groups in total. The van der Waals surface area contributed by atoms with Crippen LogP contribution in [0.1, 0.15) is 13.8 Å². The summed E-state index contributed by atoms with van der Waals surface area (Å²) in [5.74, 6) is 0.0732. The number of nitrogens with two attached hydrogens (primary N) is 1. The van der Waals surface area contributed by atoms with Crippen LogP contribution in [0.5, 0.6) is 0 Å². The molecule has 0 bridgehead atoms. The van der Waals surface area contributed by atoms with Gasteiger partial charge in [0.05, 0.1) is 6.61 Å². The molecule has 0 aromatic carbocycles. The van der Waals surface area contributed by atoms with Crippen molar-refractivity contribution in [1.82, 2.24) is 19.5 Å². The van der Waals surface area contributed by atoms with Gasteiger partial charge in [0.25, 0.3) is 0 Å². The number of rotatable bonds is 4. The number of ether oxygens (including phenoxy) is 1. The van der Waals surface area contributed by atoms with E-state index in [2.05, 4.69) is 28.2 Å². The molecule has 1 radical (unpaired) electrons. The maximum absolute atomic E-state index is 11.4. The van der Waals surface area contributed by atoms with Gasteiger partial charge in [0, 0.05) is 63.4 Å². The topological polar surface area (TPSA) is 98.8 Å². The van der Waals surface area contributed by atoms with Gasteiger partial charge < -0.3 is 31.9 Å². The normalized spacial score (nSPS) is 9.63. The second kappa shape index (κ2) is 9.17. The summed E-state index contributed by atoms with van der Waals surface area (Å²) in [6.07, 6.45) is 2.69. The minimum atomic E-state index is -0.353. The van der Waals surface area contributed by atoms with Crippen molar-refractivity contribution in [1.29, 1.82) is 0 Å². The van der Waals surface area contributed by atoms with E-state index < -0.39 is 0 Å². The molecule has 0 unspecified atom stereocenters. The first kappa shape index (κ1) is 18.2. The summed E-state index contributed by atoms with van der Waals surface area (Å²) < 4.78 is 6.82. The maximum Gasteiger partial charge on any atom is 0.212 e. The Morgan fingerprint density at radius 3 is 2.84 bits per heavy atom. The first-order valence-corrected chi connectivity index (χ1v) is 5.64. The third kappa shape index (κ3) is 4.67. The van der Waals surface area contributed by atoms with Crippen LogP contribution in [0.15, 0.2) is 4.79 Å². The summed E-state index contributed by atoms with van der Waals surface area (Å²) >= 11 is 0. The number of hydrogen-bond donors (Lipinski definition) is 2. The molecular formula is C11H17N5O2Y-2. The number of nitrogens with one attached hydrogen (secondary N) is 1. The average molecular weight is 340 g/mol. The van der Waals surface area contributed by atoms with Crippen molar-refractivity contribution in [3.63, 3.8) is 0 Å². The molecule has 7 nitrogen and oxygen atoms in total. The molecule has 0 aliphatic rings. The summed E-state index contributed by atoms with van der Waals surface area (Å²) in [7, 11) is 0. The smallest absolute Gasteiger partial charge is 0.212 e. The predicted molar refractivity (Wildman–Crippen MR) is 68.9 cm³/mol. The number of imidazole rings is 1. The molecule has 0 amide bonds. The van der Waals surface area contributed by atoms with Crippen LogP contribution in [-0.2, 0) is 44.0 Å². The second-order valence-electron chi connectivity index (χ2n) is 3.18. The van der Waals surface area contributed by atoms with Gasteiger partial charge in [-0.05, 0) is 6.92 Å². The van der Waals surface area contributed by atoms with E-state index in [1.54, 1.807) is 11.5 Å². The molecule has 19 heavy (non-hydrogen) atoms. The van der Waals surface area contributed by atoms with Crippen molar-refractivity contribution in [2.24, 2.45) is 0 Å². The molecule has 2 aromatic heterocycles. The molecule has 0 aliphatic carbocycles. The van der Waals surface area contributed by atoms with Crippen LogP contribution < -0.4 is 11.3 Å². The van der Waals surface area contributed by atoms with Gasteiger partial charge in [-0.15, -0.1) is 0 Å². The minimum Gasteiger partial charge on any atom is -0.430 e. The monoisotopic (exact) mass is 340 g/mol. The molecule has 0 spiro atoms. The number of hydrogen-bond acceptors (Lipinski definition) is 5. The summed E-state index contributed by atoms with van der Waals surface area (Å²) in [5.41, 5.74) is 5.77. The maximum atomic E-state index is 11.4. The van der Waals surface area contributed by atoms with Crippen molar-refractivity contribution in [3.05, 3.63) is 23.6 Å². The van der Waals surface area contributed by atoms with Gasteiger partial charge in [0.2, 0.25) is 5.56 Å². The zero-order chi connectivity index (χ0) is 13.5. The van der Waals surface area contributed by atoms with Crippen LogP contribution in [0.25, 0.3) is 11.2 Å². The van der Waals surface area contributed by atoms with E-state index >= 15 is 0 Å². The summed E-state index contributed by atoms with van der Waals surface area (Å²) in [6.45, 7) is 8.62. The fourth-order valence-electron chi connectivity index (χ4n) is 1.37. The van der Waals surface area contributed by atoms with E-state index in [0.29, 0.717) is 25.4 Å². The molecule has 0 saturated heterocycles. The van der Waals surface area contributed by atoms with Gasteiger partial charge in [0.1, 0.15) is 0 Å². The Balaban J connectivity index is 0.00000103. The Bertz CT molecular complexity index is 551. The number of aromatic amines is 1. The molecule has 0 fully saturated rings. The SMILES string of the molecule is CCOCCn1[c-]nc2c(=O)[nH]c(N)nc21.[CH2-]C.[Y]. The molecule has 0 saturated carbocycles. The molecule has 2 rings (SSSR count). The number of H-pyrrole nitrogens is 1. The molecule has 103 valence electrons. The second-order valence-corrected chi connectivity index (χ2v) is 3.18. The van der Waals surface area contributed by atoms with Crippen LogP contribution in [0, 0.1) is 13.3 Å². The van der Waals surface area contributed by atoms with E-state index in [4.69, 9.17) is 10.5 Å². The van der Waals surface area contributed by atoms with E-state index in [1.165, 1.54) is 0 Å². The molecule has 2 aromatic rings. The van der Waals surface area contributed by atoms with E-state index in [-0.39, 0.29) is 49.7 Å². The standard InChI is InChI=1S/C9H12N5O2.C2H5.Y/c1-2-16-4-3-14-5-11-6-7(14)12-9(10)13-8(6)15;1-2;/h2-4H2,1H3,(H3,10,12,13,15);1H2,2H3;/q2*-1;. The quantitative estimate of drug-likeness (QED) is 0.619. The third-order valence-electron chi connectivity index (χ3n) is 2.10. The molecule has 2 heterocycles. The number of aromatic nitrogens is 4. The van der Waals surface area contributed by atoms with Crippen molar-refractivity contribution >= 4 is 17.1 Å². The van der Waals surface area contributed by atoms with Crippen molar-refractivity contribution in [3.8, 4) is 0 Å². The van der Waals surface area contributed by atoms with E-state index in [1.807, 2.05) is 6.92 Å². The van der Waals surface area contributed by atoms with Gasteiger partial charge in [-0.3, -0.25) is 9.78 Å². The van der Waals surface area contributed by atoms with Crippen LogP contribution in [0.2, 0.25) is 0 Å². The van der Waals surface area contributed by atoms with Crippen molar-refractivity contribution in [2.75, 3.05) is 18.9 Å². The average Bonchev–Trinajstić information content (AvgIpc) is 2.76. The van der Waals surface area contributed by atoms with Crippen LogP contribution in [0.3, 0.4) is 0 Å². The van der Waals surface area contributed by atoms with Gasteiger partial charge in [-0.25, -0.2) is 0 Å². The number of nitrogen functional groups attached to an aromatic ring is 1. The Hall–Kier alpha value is -0.786. The van der Waals surface area contributed by atoms with Crippen molar-refractivity contribution < 1.29 is 37.4 Å². The first-order chi connectivity index (χ1) is 8.72. The van der Waals surface area contributed by atoms with Crippen molar-refractivity contribution in [2.45, 2.75) is 20.4 Å². The number of nitrogens with zero attached hydrogens (tertiary/aromatic N) is 3. The van der Waals surface area contributed by atoms with Crippen LogP contribution >= 0.6 is 0 Å². The Morgan fingerprint density at radius 2 is 2.21 bits per heavy atom. The van der Waals surface area contributed by atoms with Gasteiger partial charge in [-0.2, -0.15) is 6.92 Å². The molecular weight excluding hydrogens is 323 g/mol. The Kier molecular flexibility index (Phi) is 8.79. The van der Waals surface area contributed by atoms with E-state index in [9.17, 15) is 4.79 Å². The minimum absolute atomic E-state index is 0. The first-order valence-electron chi connectivity index (χ1n) is 5.64. The van der Waals surface area contributed by atoms with E-state index in [0.717, 1.165) is 0 Å². The van der Waals surface area contributed by atoms with Crippen LogP contribution in [0.4, 0.5) is 5.95 Å². The molecule has 0 atom stereocenters. The fourth-order valence-corrected chi connectivity index (χ4v) is 1.37. The summed E-state index contributed by atoms with van der Waals surface area (Å²) in [5, 5.41) is 0. The fraction of sp³-hybridized carbons (Fsp3) is 0.455. The van der Waals surface area contributed by atoms with Crippen LogP contribution in [-0.4, -0.2) is 32.7 Å². The van der Waals surface area contributed by atoms with Gasteiger partial charge in [0.15, 0.2) is 5.95 Å². The van der Waals surface area contributed by atoms with Gasteiger partial charge in [-0.1, -0.05) is 0 Å². The summed E-state index contributed by atoms with van der Waals surface area (Å²) in [6, 6.07) is 0.